The molecule has 0 unspecified atom stereocenters. The van der Waals surface area contributed by atoms with E-state index in [9.17, 15) is 0 Å². The van der Waals surface area contributed by atoms with Gasteiger partial charge in [-0.2, -0.15) is 0 Å². The monoisotopic (exact) mass is 284 g/mol. The Kier molecular flexibility index (Phi) is 5.04. The number of hydrogen-bond donors (Lipinski definition) is 1. The standard InChI is InChI=1S/C15H12N2O2S/c16-10-18-13-3-1-12(2-4-13)9-20-15-7-5-14(6-8-15)19-11-17/h1-8,10,16H,9H2. The molecule has 0 fully saturated rings. The van der Waals surface area contributed by atoms with Gasteiger partial charge in [-0.1, -0.05) is 12.1 Å². The highest BCUT2D eigenvalue weighted by atomic mass is 32.2. The Bertz CT molecular complexity index is 603. The molecule has 2 rings (SSSR count). The molecular formula is C15H12N2O2S. The van der Waals surface area contributed by atoms with Crippen LogP contribution in [0.1, 0.15) is 5.56 Å². The number of nitriles is 1. The van der Waals surface area contributed by atoms with Crippen molar-refractivity contribution in [3.8, 4) is 17.8 Å². The number of ether oxygens (including phenoxy) is 2. The Hall–Kier alpha value is -2.45. The average molecular weight is 284 g/mol. The molecule has 0 aliphatic rings. The first-order valence-electron chi connectivity index (χ1n) is 5.85. The van der Waals surface area contributed by atoms with Gasteiger partial charge >= 0.3 is 0 Å². The molecule has 2 aromatic carbocycles. The molecule has 0 atom stereocenters. The van der Waals surface area contributed by atoms with Crippen molar-refractivity contribution in [1.29, 1.82) is 10.7 Å². The van der Waals surface area contributed by atoms with Crippen molar-refractivity contribution in [2.24, 2.45) is 0 Å². The molecule has 2 aromatic rings. The third-order valence-electron chi connectivity index (χ3n) is 2.51. The Morgan fingerprint density at radius 1 is 1.05 bits per heavy atom. The minimum atomic E-state index is 0.546. The van der Waals surface area contributed by atoms with Crippen LogP contribution < -0.4 is 9.47 Å². The maximum Gasteiger partial charge on any atom is 0.292 e. The van der Waals surface area contributed by atoms with Crippen LogP contribution >= 0.6 is 11.8 Å². The number of nitrogens with zero attached hydrogens (tertiary/aromatic N) is 1. The largest absolute Gasteiger partial charge is 0.446 e. The van der Waals surface area contributed by atoms with Crippen molar-refractivity contribution < 1.29 is 9.47 Å². The van der Waals surface area contributed by atoms with E-state index in [0.29, 0.717) is 11.5 Å². The molecule has 0 amide bonds. The molecule has 1 N–H and O–H groups in total. The first kappa shape index (κ1) is 14.0. The summed E-state index contributed by atoms with van der Waals surface area (Å²) in [6, 6.07) is 15.0. The van der Waals surface area contributed by atoms with Gasteiger partial charge < -0.3 is 9.47 Å². The van der Waals surface area contributed by atoms with Crippen LogP contribution in [0.4, 0.5) is 0 Å². The van der Waals surface area contributed by atoms with E-state index in [1.807, 2.05) is 36.4 Å². The molecule has 0 heterocycles. The van der Waals surface area contributed by atoms with E-state index in [1.54, 1.807) is 30.1 Å². The smallest absolute Gasteiger partial charge is 0.292 e. The molecule has 0 spiro atoms. The lowest BCUT2D eigenvalue weighted by Crippen LogP contribution is -1.88. The van der Waals surface area contributed by atoms with Crippen LogP contribution in [0.2, 0.25) is 0 Å². The molecule has 100 valence electrons. The van der Waals surface area contributed by atoms with Crippen molar-refractivity contribution in [3.63, 3.8) is 0 Å². The number of hydrogen-bond acceptors (Lipinski definition) is 5. The predicted molar refractivity (Wildman–Crippen MR) is 78.1 cm³/mol. The summed E-state index contributed by atoms with van der Waals surface area (Å²) in [7, 11) is 0. The molecule has 0 aromatic heterocycles. The van der Waals surface area contributed by atoms with Gasteiger partial charge in [-0.15, -0.1) is 17.0 Å². The maximum atomic E-state index is 8.40. The minimum Gasteiger partial charge on any atom is -0.446 e. The molecule has 0 aliphatic heterocycles. The highest BCUT2D eigenvalue weighted by molar-refractivity contribution is 7.98. The Labute approximate surface area is 121 Å². The summed E-state index contributed by atoms with van der Waals surface area (Å²) in [6.45, 7) is 0. The van der Waals surface area contributed by atoms with E-state index >= 15 is 0 Å². The number of nitrogens with one attached hydrogen (secondary N) is 1. The summed E-state index contributed by atoms with van der Waals surface area (Å²) in [5, 5.41) is 15.3. The number of rotatable bonds is 6. The molecule has 20 heavy (non-hydrogen) atoms. The van der Waals surface area contributed by atoms with Crippen LogP contribution in [0.15, 0.2) is 53.4 Å². The van der Waals surface area contributed by atoms with Gasteiger partial charge in [0.15, 0.2) is 6.40 Å². The molecule has 4 nitrogen and oxygen atoms in total. The zero-order chi connectivity index (χ0) is 14.2. The Morgan fingerprint density at radius 3 is 2.30 bits per heavy atom. The van der Waals surface area contributed by atoms with E-state index in [1.165, 1.54) is 5.56 Å². The van der Waals surface area contributed by atoms with Gasteiger partial charge in [-0.05, 0) is 42.0 Å². The summed E-state index contributed by atoms with van der Waals surface area (Å²) in [6.07, 6.45) is 2.55. The van der Waals surface area contributed by atoms with Crippen molar-refractivity contribution in [2.45, 2.75) is 10.6 Å². The first-order valence-corrected chi connectivity index (χ1v) is 6.84. The van der Waals surface area contributed by atoms with Gasteiger partial charge in [-0.25, -0.2) is 0 Å². The fourth-order valence-electron chi connectivity index (χ4n) is 1.56. The second-order valence-corrected chi connectivity index (χ2v) is 4.88. The molecule has 0 aliphatic carbocycles. The van der Waals surface area contributed by atoms with Gasteiger partial charge in [0.25, 0.3) is 6.26 Å². The van der Waals surface area contributed by atoms with Crippen molar-refractivity contribution in [2.75, 3.05) is 0 Å². The first-order chi connectivity index (χ1) is 9.81. The lowest BCUT2D eigenvalue weighted by atomic mass is 10.2. The molecule has 0 bridgehead atoms. The summed E-state index contributed by atoms with van der Waals surface area (Å²) in [5.74, 6) is 2.04. The van der Waals surface area contributed by atoms with Gasteiger partial charge in [0.2, 0.25) is 0 Å². The lowest BCUT2D eigenvalue weighted by molar-refractivity contribution is 0.507. The van der Waals surface area contributed by atoms with Gasteiger partial charge in [0.1, 0.15) is 11.5 Å². The summed E-state index contributed by atoms with van der Waals surface area (Å²) in [4.78, 5) is 1.11. The second-order valence-electron chi connectivity index (χ2n) is 3.83. The third kappa shape index (κ3) is 4.04. The Balaban J connectivity index is 1.91. The number of thioether (sulfide) groups is 1. The topological polar surface area (TPSA) is 66.1 Å². The van der Waals surface area contributed by atoms with Crippen LogP contribution in [-0.4, -0.2) is 6.40 Å². The zero-order valence-electron chi connectivity index (χ0n) is 10.6. The van der Waals surface area contributed by atoms with E-state index in [-0.39, 0.29) is 0 Å². The van der Waals surface area contributed by atoms with Crippen LogP contribution in [-0.2, 0) is 5.75 Å². The van der Waals surface area contributed by atoms with E-state index in [0.717, 1.165) is 17.0 Å². The molecule has 0 radical (unpaired) electrons. The molecule has 5 heteroatoms. The third-order valence-corrected chi connectivity index (χ3v) is 3.59. The van der Waals surface area contributed by atoms with Crippen LogP contribution in [0.3, 0.4) is 0 Å². The highest BCUT2D eigenvalue weighted by Crippen LogP contribution is 2.25. The summed E-state index contributed by atoms with van der Waals surface area (Å²) >= 11 is 1.70. The average Bonchev–Trinajstić information content (AvgIpc) is 2.49. The van der Waals surface area contributed by atoms with Gasteiger partial charge in [0, 0.05) is 10.6 Å². The van der Waals surface area contributed by atoms with E-state index in [4.69, 9.17) is 20.1 Å². The van der Waals surface area contributed by atoms with Crippen molar-refractivity contribution in [1.82, 2.24) is 0 Å². The zero-order valence-corrected chi connectivity index (χ0v) is 11.4. The maximum absolute atomic E-state index is 8.40. The minimum absolute atomic E-state index is 0.546. The normalized spacial score (nSPS) is 9.55. The number of benzene rings is 2. The van der Waals surface area contributed by atoms with Crippen LogP contribution in [0.5, 0.6) is 11.5 Å². The Morgan fingerprint density at radius 2 is 1.70 bits per heavy atom. The summed E-state index contributed by atoms with van der Waals surface area (Å²) < 4.78 is 9.68. The van der Waals surface area contributed by atoms with Crippen LogP contribution in [0, 0.1) is 16.9 Å². The van der Waals surface area contributed by atoms with Crippen molar-refractivity contribution >= 4 is 18.2 Å². The molecule has 0 saturated carbocycles. The lowest BCUT2D eigenvalue weighted by Gasteiger charge is -2.04. The van der Waals surface area contributed by atoms with Gasteiger partial charge in [0.05, 0.1) is 0 Å². The highest BCUT2D eigenvalue weighted by Gasteiger charge is 1.99. The fraction of sp³-hybridized carbons (Fsp3) is 0.0667. The van der Waals surface area contributed by atoms with Gasteiger partial charge in [-0.3, -0.25) is 5.41 Å². The quantitative estimate of drug-likeness (QED) is 0.379. The molecule has 0 saturated heterocycles. The second kappa shape index (κ2) is 7.22. The van der Waals surface area contributed by atoms with Crippen LogP contribution in [0.25, 0.3) is 0 Å². The van der Waals surface area contributed by atoms with Crippen molar-refractivity contribution in [3.05, 3.63) is 54.1 Å². The van der Waals surface area contributed by atoms with E-state index < -0.39 is 0 Å². The van der Waals surface area contributed by atoms with E-state index in [2.05, 4.69) is 0 Å². The molecular weight excluding hydrogens is 272 g/mol. The SMILES string of the molecule is N#COc1ccc(SCc2ccc(OC=N)cc2)cc1. The predicted octanol–water partition coefficient (Wildman–Crippen LogP) is 3.82. The fourth-order valence-corrected chi connectivity index (χ4v) is 2.41. The summed E-state index contributed by atoms with van der Waals surface area (Å²) in [5.41, 5.74) is 1.17.